The minimum Gasteiger partial charge on any atom is -1.00 e. The summed E-state index contributed by atoms with van der Waals surface area (Å²) in [5.41, 5.74) is 10.9. The van der Waals surface area contributed by atoms with E-state index in [1.54, 1.807) is 11.1 Å². The molecule has 30 heavy (non-hydrogen) atoms. The van der Waals surface area contributed by atoms with Crippen LogP contribution in [0.1, 0.15) is 95.0 Å². The molecule has 2 aromatic rings. The summed E-state index contributed by atoms with van der Waals surface area (Å²) in [7, 11) is 0. The first kappa shape index (κ1) is 29.6. The van der Waals surface area contributed by atoms with Crippen molar-refractivity contribution in [2.75, 3.05) is 0 Å². The van der Waals surface area contributed by atoms with Gasteiger partial charge in [-0.1, -0.05) is 84.9 Å². The summed E-state index contributed by atoms with van der Waals surface area (Å²) in [6.45, 7) is 20.3. The van der Waals surface area contributed by atoms with E-state index < -0.39 is 0 Å². The fraction of sp³-hybridized carbons (Fsp3) is 0.481. The average Bonchev–Trinajstić information content (AvgIpc) is 2.94. The van der Waals surface area contributed by atoms with Crippen LogP contribution < -0.4 is 24.8 Å². The van der Waals surface area contributed by atoms with Crippen LogP contribution in [0.4, 0.5) is 0 Å². The molecule has 1 unspecified atom stereocenters. The van der Waals surface area contributed by atoms with Gasteiger partial charge in [-0.15, -0.1) is 6.58 Å². The number of benzene rings is 2. The molecule has 1 atom stereocenters. The van der Waals surface area contributed by atoms with Crippen LogP contribution in [0.25, 0.3) is 11.1 Å². The van der Waals surface area contributed by atoms with Crippen molar-refractivity contribution >= 4 is 0 Å². The quantitative estimate of drug-likeness (QED) is 0.460. The van der Waals surface area contributed by atoms with Gasteiger partial charge in [-0.05, 0) is 75.0 Å². The molecule has 0 spiro atoms. The standard InChI is InChI=1S/C27H36.2ClH.Zr/c1-9-10-11-18(2)25-23-17-19-16-20(26(3,4)5)12-13-21(19)22(23)14-15-24(25)27(6,7)8;;;/h9,12-16,18H,1,10-11,17H2,2-8H3;2*1H;/q;;;+2/p-2. The summed E-state index contributed by atoms with van der Waals surface area (Å²) in [6, 6.07) is 11.9. The smallest absolute Gasteiger partial charge is 1.00 e. The molecule has 0 N–H and O–H groups in total. The maximum absolute atomic E-state index is 3.94. The van der Waals surface area contributed by atoms with Crippen LogP contribution in [0.15, 0.2) is 43.0 Å². The van der Waals surface area contributed by atoms with E-state index in [0.717, 1.165) is 12.8 Å². The first-order valence-corrected chi connectivity index (χ1v) is 10.4. The van der Waals surface area contributed by atoms with Crippen molar-refractivity contribution in [2.45, 2.75) is 84.5 Å². The third-order valence-corrected chi connectivity index (χ3v) is 6.09. The van der Waals surface area contributed by atoms with Gasteiger partial charge in [-0.25, -0.2) is 0 Å². The van der Waals surface area contributed by atoms with Gasteiger partial charge in [0.25, 0.3) is 0 Å². The summed E-state index contributed by atoms with van der Waals surface area (Å²) in [5, 5.41) is 0. The minimum absolute atomic E-state index is 0. The van der Waals surface area contributed by atoms with Crippen molar-refractivity contribution in [3.05, 3.63) is 70.8 Å². The molecule has 0 fully saturated rings. The Morgan fingerprint density at radius 1 is 0.933 bits per heavy atom. The summed E-state index contributed by atoms with van der Waals surface area (Å²) in [5.74, 6) is 0.559. The van der Waals surface area contributed by atoms with E-state index in [4.69, 9.17) is 0 Å². The number of halogens is 2. The van der Waals surface area contributed by atoms with Gasteiger partial charge in [-0.2, -0.15) is 0 Å². The largest absolute Gasteiger partial charge is 2.00 e. The van der Waals surface area contributed by atoms with E-state index in [0.29, 0.717) is 5.92 Å². The summed E-state index contributed by atoms with van der Waals surface area (Å²) in [4.78, 5) is 0. The minimum atomic E-state index is 0. The molecule has 0 amide bonds. The molecule has 3 heteroatoms. The molecule has 0 aliphatic heterocycles. The Hall–Kier alpha value is -0.357. The van der Waals surface area contributed by atoms with Gasteiger partial charge >= 0.3 is 26.2 Å². The number of hydrogen-bond acceptors (Lipinski definition) is 0. The molecule has 1 aliphatic rings. The van der Waals surface area contributed by atoms with Crippen molar-refractivity contribution in [3.8, 4) is 11.1 Å². The molecular formula is C27H36Cl2Zr. The fourth-order valence-corrected chi connectivity index (χ4v) is 4.50. The normalized spacial score (nSPS) is 13.2. The van der Waals surface area contributed by atoms with E-state index in [2.05, 4.69) is 91.5 Å². The van der Waals surface area contributed by atoms with Gasteiger partial charge in [0.05, 0.1) is 0 Å². The number of hydrogen-bond donors (Lipinski definition) is 0. The summed E-state index contributed by atoms with van der Waals surface area (Å²) < 4.78 is 0. The monoisotopic (exact) mass is 520 g/mol. The molecule has 3 rings (SSSR count). The Morgan fingerprint density at radius 3 is 2.07 bits per heavy atom. The number of fused-ring (bicyclic) bond motifs is 3. The van der Waals surface area contributed by atoms with Crippen molar-refractivity contribution in [2.24, 2.45) is 0 Å². The zero-order valence-electron chi connectivity index (χ0n) is 19.6. The van der Waals surface area contributed by atoms with E-state index >= 15 is 0 Å². The van der Waals surface area contributed by atoms with Gasteiger partial charge < -0.3 is 24.8 Å². The number of allylic oxidation sites excluding steroid dienone is 1. The van der Waals surface area contributed by atoms with Crippen molar-refractivity contribution in [3.63, 3.8) is 0 Å². The van der Waals surface area contributed by atoms with Crippen LogP contribution in [0.3, 0.4) is 0 Å². The second-order valence-electron chi connectivity index (χ2n) is 10.4. The Labute approximate surface area is 216 Å². The van der Waals surface area contributed by atoms with Crippen molar-refractivity contribution in [1.29, 1.82) is 0 Å². The fourth-order valence-electron chi connectivity index (χ4n) is 4.50. The Morgan fingerprint density at radius 2 is 1.53 bits per heavy atom. The van der Waals surface area contributed by atoms with Gasteiger partial charge in [0.15, 0.2) is 0 Å². The van der Waals surface area contributed by atoms with Crippen LogP contribution >= 0.6 is 0 Å². The third-order valence-electron chi connectivity index (χ3n) is 6.09. The first-order chi connectivity index (χ1) is 12.5. The van der Waals surface area contributed by atoms with Gasteiger partial charge in [0.2, 0.25) is 0 Å². The maximum Gasteiger partial charge on any atom is 2.00 e. The van der Waals surface area contributed by atoms with E-state index in [9.17, 15) is 0 Å². The Balaban J connectivity index is 0.00000280. The summed E-state index contributed by atoms with van der Waals surface area (Å²) >= 11 is 0. The zero-order chi connectivity index (χ0) is 20.0. The predicted molar refractivity (Wildman–Crippen MR) is 120 cm³/mol. The molecule has 0 bridgehead atoms. The van der Waals surface area contributed by atoms with Gasteiger partial charge in [0, 0.05) is 0 Å². The second kappa shape index (κ2) is 11.0. The molecule has 2 aromatic carbocycles. The molecule has 162 valence electrons. The van der Waals surface area contributed by atoms with E-state index in [1.807, 2.05) is 0 Å². The summed E-state index contributed by atoms with van der Waals surface area (Å²) in [6.07, 6.45) is 5.38. The average molecular weight is 523 g/mol. The van der Waals surface area contributed by atoms with Crippen LogP contribution in [-0.2, 0) is 43.5 Å². The van der Waals surface area contributed by atoms with Gasteiger partial charge in [-0.3, -0.25) is 0 Å². The molecule has 0 radical (unpaired) electrons. The topological polar surface area (TPSA) is 0 Å². The van der Waals surface area contributed by atoms with Crippen LogP contribution in [0, 0.1) is 0 Å². The van der Waals surface area contributed by atoms with E-state index in [1.165, 1.54) is 34.2 Å². The Bertz CT molecular complexity index is 870. The van der Waals surface area contributed by atoms with E-state index in [-0.39, 0.29) is 61.8 Å². The molecule has 0 aromatic heterocycles. The third kappa shape index (κ3) is 5.91. The number of rotatable bonds is 4. The van der Waals surface area contributed by atoms with Gasteiger partial charge in [0.1, 0.15) is 0 Å². The molecule has 0 nitrogen and oxygen atoms in total. The molecule has 0 saturated carbocycles. The maximum atomic E-state index is 3.94. The first-order valence-electron chi connectivity index (χ1n) is 10.4. The second-order valence-corrected chi connectivity index (χ2v) is 10.4. The van der Waals surface area contributed by atoms with Crippen LogP contribution in [0.5, 0.6) is 0 Å². The van der Waals surface area contributed by atoms with Crippen LogP contribution in [-0.4, -0.2) is 0 Å². The van der Waals surface area contributed by atoms with Crippen LogP contribution in [0.2, 0.25) is 0 Å². The predicted octanol–water partition coefficient (Wildman–Crippen LogP) is 1.93. The molecule has 0 saturated heterocycles. The molecule has 1 aliphatic carbocycles. The molecular weight excluding hydrogens is 486 g/mol. The van der Waals surface area contributed by atoms with Crippen molar-refractivity contribution < 1.29 is 51.0 Å². The SMILES string of the molecule is C=CCCC(C)c1c(C(C)(C)C)ccc2c1Cc1cc(C(C)(C)C)ccc1-2.[Cl-].[Cl-].[Zr+2]. The Kier molecular flexibility index (Phi) is 10.9. The molecule has 0 heterocycles. The zero-order valence-corrected chi connectivity index (χ0v) is 23.6. The van der Waals surface area contributed by atoms with Crippen molar-refractivity contribution in [1.82, 2.24) is 0 Å².